The van der Waals surface area contributed by atoms with Crippen LogP contribution in [0.4, 0.5) is 11.4 Å². The van der Waals surface area contributed by atoms with Gasteiger partial charge in [-0.25, -0.2) is 0 Å². The second-order valence-corrected chi connectivity index (χ2v) is 6.97. The van der Waals surface area contributed by atoms with Crippen molar-refractivity contribution in [3.8, 4) is 11.5 Å². The largest absolute Gasteiger partial charge is 0.486 e. The molecule has 0 fully saturated rings. The Kier molecular flexibility index (Phi) is 5.44. The normalized spacial score (nSPS) is 12.5. The fraction of sp³-hybridized carbons (Fsp3) is 0.188. The van der Waals surface area contributed by atoms with E-state index in [1.54, 1.807) is 24.3 Å². The maximum atomic E-state index is 12.1. The first-order valence-corrected chi connectivity index (χ1v) is 9.07. The molecule has 0 spiro atoms. The third kappa shape index (κ3) is 4.43. The summed E-state index contributed by atoms with van der Waals surface area (Å²) in [5.74, 6) is 1.21. The first-order chi connectivity index (χ1) is 12.0. The molecule has 3 rings (SSSR count). The van der Waals surface area contributed by atoms with Crippen LogP contribution in [0.15, 0.2) is 45.8 Å². The predicted molar refractivity (Wildman–Crippen MR) is 97.6 cm³/mol. The van der Waals surface area contributed by atoms with E-state index in [9.17, 15) is 14.9 Å². The number of amides is 1. The molecule has 0 saturated heterocycles. The van der Waals surface area contributed by atoms with E-state index >= 15 is 0 Å². The van der Waals surface area contributed by atoms with Gasteiger partial charge in [-0.3, -0.25) is 14.9 Å². The average molecular weight is 425 g/mol. The minimum atomic E-state index is -0.458. The number of hydrogen-bond acceptors (Lipinski definition) is 6. The molecule has 1 amide bonds. The van der Waals surface area contributed by atoms with Gasteiger partial charge in [0.25, 0.3) is 5.69 Å². The fourth-order valence-corrected chi connectivity index (χ4v) is 3.28. The van der Waals surface area contributed by atoms with Gasteiger partial charge in [0.15, 0.2) is 11.5 Å². The SMILES string of the molecule is O=C(CSc1ccc([N+](=O)[O-])cc1)Nc1cc2c(cc1Br)OCCO2. The lowest BCUT2D eigenvalue weighted by molar-refractivity contribution is -0.384. The Hall–Kier alpha value is -2.26. The van der Waals surface area contributed by atoms with Crippen LogP contribution in [0, 0.1) is 10.1 Å². The Morgan fingerprint density at radius 1 is 1.20 bits per heavy atom. The Balaban J connectivity index is 1.60. The number of nitrogens with zero attached hydrogens (tertiary/aromatic N) is 1. The Labute approximate surface area is 156 Å². The second-order valence-electron chi connectivity index (χ2n) is 5.06. The van der Waals surface area contributed by atoms with Crippen LogP contribution in [0.2, 0.25) is 0 Å². The molecule has 0 radical (unpaired) electrons. The molecule has 1 aliphatic heterocycles. The van der Waals surface area contributed by atoms with Gasteiger partial charge in [-0.2, -0.15) is 0 Å². The van der Waals surface area contributed by atoms with Gasteiger partial charge < -0.3 is 14.8 Å². The monoisotopic (exact) mass is 424 g/mol. The number of ether oxygens (including phenoxy) is 2. The van der Waals surface area contributed by atoms with Gasteiger partial charge in [0.2, 0.25) is 5.91 Å². The first kappa shape index (κ1) is 17.6. The van der Waals surface area contributed by atoms with Crippen LogP contribution >= 0.6 is 27.7 Å². The zero-order valence-corrected chi connectivity index (χ0v) is 15.3. The van der Waals surface area contributed by atoms with Crippen molar-refractivity contribution in [2.24, 2.45) is 0 Å². The second kappa shape index (κ2) is 7.75. The van der Waals surface area contributed by atoms with Crippen LogP contribution in [0.3, 0.4) is 0 Å². The molecule has 2 aromatic rings. The summed E-state index contributed by atoms with van der Waals surface area (Å²) in [6.45, 7) is 0.967. The smallest absolute Gasteiger partial charge is 0.269 e. The number of nitro groups is 1. The molecule has 9 heteroatoms. The summed E-state index contributed by atoms with van der Waals surface area (Å²) in [5.41, 5.74) is 0.618. The highest BCUT2D eigenvalue weighted by Crippen LogP contribution is 2.38. The molecule has 0 unspecified atom stereocenters. The van der Waals surface area contributed by atoms with Gasteiger partial charge in [-0.05, 0) is 28.1 Å². The minimum Gasteiger partial charge on any atom is -0.486 e. The topological polar surface area (TPSA) is 90.7 Å². The molecule has 25 heavy (non-hydrogen) atoms. The van der Waals surface area contributed by atoms with Crippen molar-refractivity contribution in [1.29, 1.82) is 0 Å². The Bertz CT molecular complexity index is 813. The zero-order valence-electron chi connectivity index (χ0n) is 12.9. The van der Waals surface area contributed by atoms with Crippen molar-refractivity contribution in [1.82, 2.24) is 0 Å². The first-order valence-electron chi connectivity index (χ1n) is 7.29. The molecule has 0 bridgehead atoms. The number of halogens is 1. The number of benzene rings is 2. The molecule has 0 saturated carbocycles. The fourth-order valence-electron chi connectivity index (χ4n) is 2.16. The summed E-state index contributed by atoms with van der Waals surface area (Å²) in [7, 11) is 0. The molecule has 130 valence electrons. The number of anilines is 1. The highest BCUT2D eigenvalue weighted by Gasteiger charge is 2.16. The van der Waals surface area contributed by atoms with Crippen LogP contribution in [0.25, 0.3) is 0 Å². The highest BCUT2D eigenvalue weighted by molar-refractivity contribution is 9.10. The van der Waals surface area contributed by atoms with Gasteiger partial charge in [-0.1, -0.05) is 0 Å². The van der Waals surface area contributed by atoms with Crippen molar-refractivity contribution < 1.29 is 19.2 Å². The third-order valence-electron chi connectivity index (χ3n) is 3.32. The van der Waals surface area contributed by atoms with E-state index in [1.807, 2.05) is 0 Å². The Morgan fingerprint density at radius 3 is 2.48 bits per heavy atom. The summed E-state index contributed by atoms with van der Waals surface area (Å²) in [6.07, 6.45) is 0. The van der Waals surface area contributed by atoms with E-state index in [4.69, 9.17) is 9.47 Å². The Morgan fingerprint density at radius 2 is 1.84 bits per heavy atom. The number of hydrogen-bond donors (Lipinski definition) is 1. The van der Waals surface area contributed by atoms with E-state index in [-0.39, 0.29) is 17.3 Å². The molecule has 1 aliphatic rings. The number of non-ortho nitro benzene ring substituents is 1. The van der Waals surface area contributed by atoms with E-state index < -0.39 is 4.92 Å². The zero-order chi connectivity index (χ0) is 17.8. The lowest BCUT2D eigenvalue weighted by Crippen LogP contribution is -2.17. The maximum Gasteiger partial charge on any atom is 0.269 e. The molecule has 7 nitrogen and oxygen atoms in total. The summed E-state index contributed by atoms with van der Waals surface area (Å²) >= 11 is 4.70. The number of thioether (sulfide) groups is 1. The number of nitrogens with one attached hydrogen (secondary N) is 1. The molecular weight excluding hydrogens is 412 g/mol. The number of nitro benzene ring substituents is 1. The number of carbonyl (C=O) groups is 1. The lowest BCUT2D eigenvalue weighted by Gasteiger charge is -2.20. The van der Waals surface area contributed by atoms with Crippen LogP contribution in [0.1, 0.15) is 0 Å². The van der Waals surface area contributed by atoms with Gasteiger partial charge >= 0.3 is 0 Å². The third-order valence-corrected chi connectivity index (χ3v) is 4.99. The molecule has 0 atom stereocenters. The molecular formula is C16H13BrN2O5S. The lowest BCUT2D eigenvalue weighted by atomic mass is 10.2. The van der Waals surface area contributed by atoms with Crippen molar-refractivity contribution >= 4 is 45.0 Å². The van der Waals surface area contributed by atoms with Crippen LogP contribution in [-0.4, -0.2) is 29.8 Å². The molecule has 2 aromatic carbocycles. The summed E-state index contributed by atoms with van der Waals surface area (Å²) in [5, 5.41) is 13.4. The van der Waals surface area contributed by atoms with Crippen LogP contribution in [-0.2, 0) is 4.79 Å². The van der Waals surface area contributed by atoms with Gasteiger partial charge in [0, 0.05) is 33.6 Å². The van der Waals surface area contributed by atoms with Crippen LogP contribution in [0.5, 0.6) is 11.5 Å². The van der Waals surface area contributed by atoms with E-state index in [1.165, 1.54) is 23.9 Å². The maximum absolute atomic E-state index is 12.1. The van der Waals surface area contributed by atoms with Gasteiger partial charge in [0.1, 0.15) is 13.2 Å². The van der Waals surface area contributed by atoms with Crippen molar-refractivity contribution in [3.05, 3.63) is 51.0 Å². The van der Waals surface area contributed by atoms with Crippen LogP contribution < -0.4 is 14.8 Å². The summed E-state index contributed by atoms with van der Waals surface area (Å²) in [6, 6.07) is 9.54. The molecule has 1 N–H and O–H groups in total. The van der Waals surface area contributed by atoms with E-state index in [2.05, 4.69) is 21.2 Å². The number of carbonyl (C=O) groups excluding carboxylic acids is 1. The number of rotatable bonds is 5. The van der Waals surface area contributed by atoms with Crippen molar-refractivity contribution in [2.75, 3.05) is 24.3 Å². The van der Waals surface area contributed by atoms with E-state index in [0.717, 1.165) is 4.90 Å². The van der Waals surface area contributed by atoms with Gasteiger partial charge in [0.05, 0.1) is 16.4 Å². The predicted octanol–water partition coefficient (Wildman–Crippen LogP) is 3.86. The van der Waals surface area contributed by atoms with Crippen molar-refractivity contribution in [3.63, 3.8) is 0 Å². The summed E-state index contributed by atoms with van der Waals surface area (Å²) < 4.78 is 11.7. The minimum absolute atomic E-state index is 0.0222. The van der Waals surface area contributed by atoms with Crippen molar-refractivity contribution in [2.45, 2.75) is 4.90 Å². The quantitative estimate of drug-likeness (QED) is 0.445. The summed E-state index contributed by atoms with van der Waals surface area (Å²) in [4.78, 5) is 23.1. The molecule has 1 heterocycles. The number of fused-ring (bicyclic) bond motifs is 1. The molecule has 0 aliphatic carbocycles. The molecule has 0 aromatic heterocycles. The highest BCUT2D eigenvalue weighted by atomic mass is 79.9. The average Bonchev–Trinajstić information content (AvgIpc) is 2.61. The standard InChI is InChI=1S/C16H13BrN2O5S/c17-12-7-14-15(24-6-5-23-14)8-13(12)18-16(20)9-25-11-3-1-10(2-4-11)19(21)22/h1-4,7-8H,5-6,9H2,(H,18,20). The van der Waals surface area contributed by atoms with E-state index in [0.29, 0.717) is 34.9 Å². The van der Waals surface area contributed by atoms with Gasteiger partial charge in [-0.15, -0.1) is 11.8 Å².